The Balaban J connectivity index is 2.11. The summed E-state index contributed by atoms with van der Waals surface area (Å²) in [7, 11) is 3.48. The predicted octanol–water partition coefficient (Wildman–Crippen LogP) is 1.57. The van der Waals surface area contributed by atoms with Crippen molar-refractivity contribution in [1.29, 1.82) is 0 Å². The lowest BCUT2D eigenvalue weighted by molar-refractivity contribution is 0.413. The fourth-order valence-corrected chi connectivity index (χ4v) is 1.19. The summed E-state index contributed by atoms with van der Waals surface area (Å²) in [5.74, 6) is 2.26. The molecular formula is C10H12N4O. The van der Waals surface area contributed by atoms with Crippen LogP contribution in [0.2, 0.25) is 0 Å². The largest absolute Gasteiger partial charge is 0.495 e. The molecule has 0 radical (unpaired) electrons. The lowest BCUT2D eigenvalue weighted by Crippen LogP contribution is -1.95. The van der Waals surface area contributed by atoms with Gasteiger partial charge in [0, 0.05) is 19.3 Å². The maximum Gasteiger partial charge on any atom is 0.153 e. The molecule has 0 fully saturated rings. The van der Waals surface area contributed by atoms with Crippen molar-refractivity contribution in [3.8, 4) is 5.75 Å². The van der Waals surface area contributed by atoms with E-state index in [4.69, 9.17) is 4.74 Å². The number of aromatic nitrogens is 3. The number of hydrogen-bond donors (Lipinski definition) is 1. The second kappa shape index (κ2) is 4.00. The number of nitrogens with zero attached hydrogens (tertiary/aromatic N) is 3. The zero-order chi connectivity index (χ0) is 10.7. The van der Waals surface area contributed by atoms with Crippen molar-refractivity contribution in [2.24, 2.45) is 7.05 Å². The number of pyridine rings is 1. The van der Waals surface area contributed by atoms with E-state index in [0.29, 0.717) is 0 Å². The second-order valence-corrected chi connectivity index (χ2v) is 3.08. The Morgan fingerprint density at radius 1 is 1.27 bits per heavy atom. The van der Waals surface area contributed by atoms with Gasteiger partial charge in [-0.15, -0.1) is 0 Å². The summed E-state index contributed by atoms with van der Waals surface area (Å²) >= 11 is 0. The first kappa shape index (κ1) is 9.51. The van der Waals surface area contributed by atoms with Crippen molar-refractivity contribution in [1.82, 2.24) is 14.8 Å². The molecule has 0 aliphatic carbocycles. The third-order valence-corrected chi connectivity index (χ3v) is 1.94. The monoisotopic (exact) mass is 204 g/mol. The molecule has 0 aliphatic heterocycles. The first-order chi connectivity index (χ1) is 7.28. The van der Waals surface area contributed by atoms with Gasteiger partial charge in [0.15, 0.2) is 5.82 Å². The van der Waals surface area contributed by atoms with E-state index in [9.17, 15) is 0 Å². The maximum absolute atomic E-state index is 5.01. The topological polar surface area (TPSA) is 52.0 Å². The van der Waals surface area contributed by atoms with Crippen LogP contribution in [-0.4, -0.2) is 21.9 Å². The molecule has 2 aromatic rings. The van der Waals surface area contributed by atoms with Gasteiger partial charge in [-0.05, 0) is 12.1 Å². The second-order valence-electron chi connectivity index (χ2n) is 3.08. The van der Waals surface area contributed by atoms with Gasteiger partial charge in [-0.2, -0.15) is 5.10 Å². The molecule has 2 aromatic heterocycles. The highest BCUT2D eigenvalue weighted by molar-refractivity contribution is 5.51. The molecule has 5 heteroatoms. The number of ether oxygens (including phenoxy) is 1. The van der Waals surface area contributed by atoms with E-state index in [1.54, 1.807) is 18.0 Å². The fourth-order valence-electron chi connectivity index (χ4n) is 1.19. The minimum absolute atomic E-state index is 0.738. The van der Waals surface area contributed by atoms with Crippen molar-refractivity contribution in [3.63, 3.8) is 0 Å². The summed E-state index contributed by atoms with van der Waals surface area (Å²) < 4.78 is 6.74. The Morgan fingerprint density at radius 2 is 2.13 bits per heavy atom. The lowest BCUT2D eigenvalue weighted by atomic mass is 10.4. The summed E-state index contributed by atoms with van der Waals surface area (Å²) in [6.45, 7) is 0. The molecule has 5 nitrogen and oxygen atoms in total. The van der Waals surface area contributed by atoms with E-state index >= 15 is 0 Å². The molecule has 2 rings (SSSR count). The molecular weight excluding hydrogens is 192 g/mol. The molecule has 0 saturated carbocycles. The maximum atomic E-state index is 5.01. The molecule has 2 heterocycles. The molecule has 0 aliphatic rings. The van der Waals surface area contributed by atoms with Crippen LogP contribution in [0, 0.1) is 0 Å². The first-order valence-electron chi connectivity index (χ1n) is 4.54. The summed E-state index contributed by atoms with van der Waals surface area (Å²) in [6, 6.07) is 5.57. The third-order valence-electron chi connectivity index (χ3n) is 1.94. The number of anilines is 2. The van der Waals surface area contributed by atoms with Crippen LogP contribution >= 0.6 is 0 Å². The molecule has 15 heavy (non-hydrogen) atoms. The normalized spacial score (nSPS) is 10.0. The quantitative estimate of drug-likeness (QED) is 0.824. The minimum atomic E-state index is 0.738. The van der Waals surface area contributed by atoms with Crippen LogP contribution in [0.5, 0.6) is 5.75 Å². The van der Waals surface area contributed by atoms with Crippen LogP contribution < -0.4 is 10.1 Å². The molecule has 1 N–H and O–H groups in total. The van der Waals surface area contributed by atoms with Gasteiger partial charge < -0.3 is 10.1 Å². The fraction of sp³-hybridized carbons (Fsp3) is 0.200. The Kier molecular flexibility index (Phi) is 2.53. The number of aryl methyl sites for hydroxylation is 1. The van der Waals surface area contributed by atoms with Gasteiger partial charge in [-0.3, -0.25) is 4.68 Å². The van der Waals surface area contributed by atoms with Gasteiger partial charge in [0.05, 0.1) is 13.3 Å². The van der Waals surface area contributed by atoms with Crippen molar-refractivity contribution in [2.75, 3.05) is 12.4 Å². The first-order valence-corrected chi connectivity index (χ1v) is 4.54. The summed E-state index contributed by atoms with van der Waals surface area (Å²) in [6.07, 6.45) is 3.52. The number of hydrogen-bond acceptors (Lipinski definition) is 4. The molecule has 0 aromatic carbocycles. The summed E-state index contributed by atoms with van der Waals surface area (Å²) in [4.78, 5) is 4.17. The van der Waals surface area contributed by atoms with Crippen molar-refractivity contribution in [2.45, 2.75) is 0 Å². The van der Waals surface area contributed by atoms with E-state index in [1.165, 1.54) is 0 Å². The third kappa shape index (κ3) is 2.25. The van der Waals surface area contributed by atoms with E-state index in [-0.39, 0.29) is 0 Å². The molecule has 0 bridgehead atoms. The van der Waals surface area contributed by atoms with Gasteiger partial charge in [0.25, 0.3) is 0 Å². The number of rotatable bonds is 3. The molecule has 0 amide bonds. The van der Waals surface area contributed by atoms with Gasteiger partial charge >= 0.3 is 0 Å². The number of methoxy groups -OCH3 is 1. The predicted molar refractivity (Wildman–Crippen MR) is 57.3 cm³/mol. The van der Waals surface area contributed by atoms with Crippen molar-refractivity contribution in [3.05, 3.63) is 30.6 Å². The van der Waals surface area contributed by atoms with Crippen LogP contribution in [0.25, 0.3) is 0 Å². The highest BCUT2D eigenvalue weighted by atomic mass is 16.5. The molecule has 0 saturated heterocycles. The Labute approximate surface area is 87.7 Å². The van der Waals surface area contributed by atoms with Crippen LogP contribution in [0.1, 0.15) is 0 Å². The van der Waals surface area contributed by atoms with Crippen LogP contribution in [-0.2, 0) is 7.05 Å². The van der Waals surface area contributed by atoms with Crippen LogP contribution in [0.15, 0.2) is 30.6 Å². The van der Waals surface area contributed by atoms with E-state index < -0.39 is 0 Å². The molecule has 0 unspecified atom stereocenters. The Bertz CT molecular complexity index is 435. The number of nitrogens with one attached hydrogen (secondary N) is 1. The van der Waals surface area contributed by atoms with Crippen LogP contribution in [0.3, 0.4) is 0 Å². The van der Waals surface area contributed by atoms with Crippen molar-refractivity contribution >= 4 is 11.6 Å². The SMILES string of the molecule is COc1ccc(Nc2ccn(C)n2)nc1. The molecule has 78 valence electrons. The Morgan fingerprint density at radius 3 is 2.67 bits per heavy atom. The van der Waals surface area contributed by atoms with Gasteiger partial charge in [-0.25, -0.2) is 4.98 Å². The molecule has 0 atom stereocenters. The standard InChI is InChI=1S/C10H12N4O/c1-14-6-5-10(13-14)12-9-4-3-8(15-2)7-11-9/h3-7H,1-2H3,(H,11,12,13). The highest BCUT2D eigenvalue weighted by Crippen LogP contribution is 2.14. The van der Waals surface area contributed by atoms with Gasteiger partial charge in [0.2, 0.25) is 0 Å². The minimum Gasteiger partial charge on any atom is -0.495 e. The Hall–Kier alpha value is -2.04. The van der Waals surface area contributed by atoms with Crippen molar-refractivity contribution < 1.29 is 4.74 Å². The average Bonchev–Trinajstić information content (AvgIpc) is 2.65. The average molecular weight is 204 g/mol. The lowest BCUT2D eigenvalue weighted by Gasteiger charge is -2.02. The zero-order valence-electron chi connectivity index (χ0n) is 8.64. The van der Waals surface area contributed by atoms with E-state index in [1.807, 2.05) is 31.4 Å². The highest BCUT2D eigenvalue weighted by Gasteiger charge is 1.98. The van der Waals surface area contributed by atoms with Gasteiger partial charge in [-0.1, -0.05) is 0 Å². The van der Waals surface area contributed by atoms with Crippen LogP contribution in [0.4, 0.5) is 11.6 Å². The summed E-state index contributed by atoms with van der Waals surface area (Å²) in [5.41, 5.74) is 0. The smallest absolute Gasteiger partial charge is 0.153 e. The zero-order valence-corrected chi connectivity index (χ0v) is 8.64. The van der Waals surface area contributed by atoms with E-state index in [0.717, 1.165) is 17.4 Å². The molecule has 0 spiro atoms. The van der Waals surface area contributed by atoms with E-state index in [2.05, 4.69) is 15.4 Å². The van der Waals surface area contributed by atoms with Gasteiger partial charge in [0.1, 0.15) is 11.6 Å². The summed E-state index contributed by atoms with van der Waals surface area (Å²) in [5, 5.41) is 7.26.